The van der Waals surface area contributed by atoms with E-state index in [0.717, 1.165) is 10.4 Å². The van der Waals surface area contributed by atoms with E-state index in [4.69, 9.17) is 10.5 Å². The highest BCUT2D eigenvalue weighted by molar-refractivity contribution is 7.89. The number of ether oxygens (including phenoxy) is 1. The second kappa shape index (κ2) is 6.51. The third-order valence-electron chi connectivity index (χ3n) is 2.92. The maximum Gasteiger partial charge on any atom is 0.243 e. The molecule has 5 nitrogen and oxygen atoms in total. The van der Waals surface area contributed by atoms with E-state index in [1.54, 1.807) is 0 Å². The Morgan fingerprint density at radius 2 is 2.00 bits per heavy atom. The molecule has 0 unspecified atom stereocenters. The molecule has 7 heteroatoms. The first-order valence-electron chi connectivity index (χ1n) is 6.29. The van der Waals surface area contributed by atoms with Gasteiger partial charge in [0.1, 0.15) is 5.82 Å². The molecule has 0 heterocycles. The largest absolute Gasteiger partial charge is 0.398 e. The van der Waals surface area contributed by atoms with Crippen molar-refractivity contribution < 1.29 is 17.5 Å². The maximum atomic E-state index is 13.6. The summed E-state index contributed by atoms with van der Waals surface area (Å²) in [5, 5.41) is 0. The molecule has 2 N–H and O–H groups in total. The van der Waals surface area contributed by atoms with Crippen molar-refractivity contribution in [1.82, 2.24) is 4.31 Å². The van der Waals surface area contributed by atoms with Gasteiger partial charge in [-0.2, -0.15) is 4.31 Å². The molecule has 0 atom stereocenters. The Kier molecular flexibility index (Phi) is 5.50. The second-order valence-corrected chi connectivity index (χ2v) is 6.91. The van der Waals surface area contributed by atoms with Crippen molar-refractivity contribution in [2.45, 2.75) is 31.8 Å². The van der Waals surface area contributed by atoms with Crippen LogP contribution in [0.4, 0.5) is 10.1 Å². The first-order valence-corrected chi connectivity index (χ1v) is 7.73. The van der Waals surface area contributed by atoms with E-state index >= 15 is 0 Å². The fourth-order valence-corrected chi connectivity index (χ4v) is 2.74. The quantitative estimate of drug-likeness (QED) is 0.813. The van der Waals surface area contributed by atoms with Crippen molar-refractivity contribution in [3.05, 3.63) is 23.5 Å². The van der Waals surface area contributed by atoms with Crippen LogP contribution in [0.3, 0.4) is 0 Å². The molecule has 0 amide bonds. The lowest BCUT2D eigenvalue weighted by atomic mass is 10.2. The number of nitrogens with zero attached hydrogens (tertiary/aromatic N) is 1. The Bertz CT molecular complexity index is 550. The molecule has 0 bridgehead atoms. The monoisotopic (exact) mass is 304 g/mol. The third kappa shape index (κ3) is 3.91. The lowest BCUT2D eigenvalue weighted by molar-refractivity contribution is 0.0737. The third-order valence-corrected chi connectivity index (χ3v) is 4.76. The number of hydrogen-bond acceptors (Lipinski definition) is 4. The van der Waals surface area contributed by atoms with Gasteiger partial charge >= 0.3 is 0 Å². The van der Waals surface area contributed by atoms with Crippen molar-refractivity contribution in [3.8, 4) is 0 Å². The molecule has 0 spiro atoms. The van der Waals surface area contributed by atoms with E-state index in [1.807, 2.05) is 13.8 Å². The summed E-state index contributed by atoms with van der Waals surface area (Å²) in [4.78, 5) is -0.148. The lowest BCUT2D eigenvalue weighted by Gasteiger charge is -2.18. The van der Waals surface area contributed by atoms with Crippen LogP contribution in [0.25, 0.3) is 0 Å². The number of likely N-dealkylation sites (N-methyl/N-ethyl adjacent to an activating group) is 1. The second-order valence-electron chi connectivity index (χ2n) is 4.87. The Balaban J connectivity index is 2.93. The summed E-state index contributed by atoms with van der Waals surface area (Å²) in [6.45, 7) is 5.70. The predicted octanol–water partition coefficient (Wildman–Crippen LogP) is 1.76. The van der Waals surface area contributed by atoms with Gasteiger partial charge in [-0.1, -0.05) is 0 Å². The van der Waals surface area contributed by atoms with Gasteiger partial charge in [-0.25, -0.2) is 12.8 Å². The smallest absolute Gasteiger partial charge is 0.243 e. The normalized spacial score (nSPS) is 12.3. The van der Waals surface area contributed by atoms with Crippen LogP contribution in [0.1, 0.15) is 19.4 Å². The van der Waals surface area contributed by atoms with Crippen LogP contribution >= 0.6 is 0 Å². The minimum atomic E-state index is -3.77. The van der Waals surface area contributed by atoms with E-state index in [2.05, 4.69) is 0 Å². The number of nitrogen functional groups attached to an aromatic ring is 1. The molecular formula is C13H21FN2O3S. The topological polar surface area (TPSA) is 72.6 Å². The maximum absolute atomic E-state index is 13.6. The highest BCUT2D eigenvalue weighted by Gasteiger charge is 2.22. The van der Waals surface area contributed by atoms with Crippen molar-refractivity contribution in [2.75, 3.05) is 25.9 Å². The van der Waals surface area contributed by atoms with Crippen LogP contribution in [0, 0.1) is 12.7 Å². The van der Waals surface area contributed by atoms with Crippen molar-refractivity contribution in [2.24, 2.45) is 0 Å². The molecule has 0 aliphatic rings. The fourth-order valence-electron chi connectivity index (χ4n) is 1.54. The summed E-state index contributed by atoms with van der Waals surface area (Å²) in [5.41, 5.74) is 5.98. The van der Waals surface area contributed by atoms with Gasteiger partial charge in [-0.3, -0.25) is 0 Å². The first-order chi connectivity index (χ1) is 9.16. The molecule has 114 valence electrons. The summed E-state index contributed by atoms with van der Waals surface area (Å²) >= 11 is 0. The number of anilines is 1. The molecular weight excluding hydrogens is 283 g/mol. The lowest BCUT2D eigenvalue weighted by Crippen LogP contribution is -2.31. The van der Waals surface area contributed by atoms with Crippen molar-refractivity contribution in [3.63, 3.8) is 0 Å². The number of halogens is 1. The predicted molar refractivity (Wildman–Crippen MR) is 76.5 cm³/mol. The van der Waals surface area contributed by atoms with Crippen LogP contribution in [0.5, 0.6) is 0 Å². The minimum absolute atomic E-state index is 0.0265. The Hall–Kier alpha value is -1.18. The van der Waals surface area contributed by atoms with Gasteiger partial charge in [0.15, 0.2) is 0 Å². The molecule has 0 aliphatic carbocycles. The van der Waals surface area contributed by atoms with Gasteiger partial charge in [-0.15, -0.1) is 0 Å². The highest BCUT2D eigenvalue weighted by Crippen LogP contribution is 2.22. The summed E-state index contributed by atoms with van der Waals surface area (Å²) in [6.07, 6.45) is 0.0265. The average molecular weight is 304 g/mol. The standard InChI is InChI=1S/C13H21FN2O3S/c1-9(2)19-6-5-16(4)20(17,18)11-7-12(14)10(3)13(15)8-11/h7-9H,5-6,15H2,1-4H3. The molecule has 0 saturated carbocycles. The molecule has 0 aromatic heterocycles. The zero-order valence-corrected chi connectivity index (χ0v) is 13.0. The van der Waals surface area contributed by atoms with Gasteiger partial charge in [0, 0.05) is 24.8 Å². The van der Waals surface area contributed by atoms with Crippen LogP contribution in [-0.4, -0.2) is 39.0 Å². The van der Waals surface area contributed by atoms with Crippen LogP contribution in [0.15, 0.2) is 17.0 Å². The summed E-state index contributed by atoms with van der Waals surface area (Å²) in [6, 6.07) is 2.26. The first kappa shape index (κ1) is 16.9. The number of hydrogen-bond donors (Lipinski definition) is 1. The summed E-state index contributed by atoms with van der Waals surface area (Å²) in [7, 11) is -2.34. The number of nitrogens with two attached hydrogens (primary N) is 1. The Morgan fingerprint density at radius 3 is 2.50 bits per heavy atom. The number of benzene rings is 1. The fraction of sp³-hybridized carbons (Fsp3) is 0.538. The van der Waals surface area contributed by atoms with Crippen molar-refractivity contribution >= 4 is 15.7 Å². The van der Waals surface area contributed by atoms with Gasteiger partial charge in [0.05, 0.1) is 17.6 Å². The van der Waals surface area contributed by atoms with E-state index in [1.165, 1.54) is 20.0 Å². The van der Waals surface area contributed by atoms with Crippen LogP contribution in [-0.2, 0) is 14.8 Å². The van der Waals surface area contributed by atoms with Gasteiger partial charge in [0.25, 0.3) is 0 Å². The van der Waals surface area contributed by atoms with E-state index < -0.39 is 15.8 Å². The molecule has 0 saturated heterocycles. The average Bonchev–Trinajstić information content (AvgIpc) is 2.34. The minimum Gasteiger partial charge on any atom is -0.398 e. The van der Waals surface area contributed by atoms with Crippen LogP contribution < -0.4 is 5.73 Å². The summed E-state index contributed by atoms with van der Waals surface area (Å²) in [5.74, 6) is -0.629. The summed E-state index contributed by atoms with van der Waals surface area (Å²) < 4.78 is 44.6. The SMILES string of the molecule is Cc1c(N)cc(S(=O)(=O)N(C)CCOC(C)C)cc1F. The van der Waals surface area contributed by atoms with Crippen LogP contribution in [0.2, 0.25) is 0 Å². The molecule has 0 radical (unpaired) electrons. The van der Waals surface area contributed by atoms with Gasteiger partial charge < -0.3 is 10.5 Å². The number of sulfonamides is 1. The van der Waals surface area contributed by atoms with E-state index in [9.17, 15) is 12.8 Å². The molecule has 0 aliphatic heterocycles. The Labute approximate surface area is 119 Å². The molecule has 20 heavy (non-hydrogen) atoms. The molecule has 1 rings (SSSR count). The molecule has 0 fully saturated rings. The Morgan fingerprint density at radius 1 is 1.40 bits per heavy atom. The zero-order valence-electron chi connectivity index (χ0n) is 12.2. The van der Waals surface area contributed by atoms with Gasteiger partial charge in [-0.05, 0) is 32.9 Å². The molecule has 1 aromatic carbocycles. The highest BCUT2D eigenvalue weighted by atomic mass is 32.2. The zero-order chi connectivity index (χ0) is 15.5. The van der Waals surface area contributed by atoms with Crippen molar-refractivity contribution in [1.29, 1.82) is 0 Å². The van der Waals surface area contributed by atoms with E-state index in [0.29, 0.717) is 0 Å². The van der Waals surface area contributed by atoms with E-state index in [-0.39, 0.29) is 35.4 Å². The number of rotatable bonds is 6. The van der Waals surface area contributed by atoms with Gasteiger partial charge in [0.2, 0.25) is 10.0 Å². The molecule has 1 aromatic rings.